The highest BCUT2D eigenvalue weighted by Crippen LogP contribution is 2.74. The van der Waals surface area contributed by atoms with E-state index in [9.17, 15) is 19.5 Å². The van der Waals surface area contributed by atoms with E-state index in [1.807, 2.05) is 4.90 Å². The SMILES string of the molecule is CC(C)C1=C[C@]23CC[C@H]4[C@@](C)(CCC[C@]4(C)C(=O)N4CCOCC4)[C@H]2C[C@H]1[C@@H]1C(=O)N(CCO)C(=O)[C@H]13. The minimum Gasteiger partial charge on any atom is -0.395 e. The highest BCUT2D eigenvalue weighted by Gasteiger charge is 2.73. The quantitative estimate of drug-likeness (QED) is 0.462. The molecule has 1 spiro atoms. The van der Waals surface area contributed by atoms with Gasteiger partial charge < -0.3 is 14.7 Å². The topological polar surface area (TPSA) is 87.2 Å². The molecular formula is C30H44N2O5. The number of ether oxygens (including phenoxy) is 1. The number of morpholine rings is 1. The number of imide groups is 1. The number of hydrogen-bond acceptors (Lipinski definition) is 5. The zero-order valence-corrected chi connectivity index (χ0v) is 23.0. The lowest BCUT2D eigenvalue weighted by Crippen LogP contribution is -2.66. The maximum Gasteiger partial charge on any atom is 0.234 e. The summed E-state index contributed by atoms with van der Waals surface area (Å²) in [6, 6.07) is 0. The van der Waals surface area contributed by atoms with Gasteiger partial charge in [0.15, 0.2) is 0 Å². The molecule has 5 aliphatic carbocycles. The third-order valence-corrected chi connectivity index (χ3v) is 11.9. The van der Waals surface area contributed by atoms with Gasteiger partial charge in [0, 0.05) is 23.9 Å². The van der Waals surface area contributed by atoms with Crippen molar-refractivity contribution in [1.82, 2.24) is 9.80 Å². The van der Waals surface area contributed by atoms with Crippen LogP contribution in [-0.2, 0) is 19.1 Å². The number of aliphatic hydroxyl groups excluding tert-OH is 1. The normalized spacial score (nSPS) is 45.0. The molecule has 0 aromatic heterocycles. The molecule has 3 saturated carbocycles. The van der Waals surface area contributed by atoms with Crippen molar-refractivity contribution in [2.45, 2.75) is 66.2 Å². The molecule has 2 aliphatic heterocycles. The van der Waals surface area contributed by atoms with E-state index in [1.165, 1.54) is 10.5 Å². The van der Waals surface area contributed by atoms with Gasteiger partial charge in [0.25, 0.3) is 0 Å². The first kappa shape index (κ1) is 25.5. The Hall–Kier alpha value is -1.73. The fourth-order valence-corrected chi connectivity index (χ4v) is 10.5. The first-order valence-electron chi connectivity index (χ1n) is 14.7. The van der Waals surface area contributed by atoms with Crippen molar-refractivity contribution in [3.63, 3.8) is 0 Å². The second-order valence-corrected chi connectivity index (χ2v) is 13.6. The zero-order valence-electron chi connectivity index (χ0n) is 23.0. The van der Waals surface area contributed by atoms with E-state index in [4.69, 9.17) is 4.74 Å². The molecule has 8 atom stereocenters. The number of β-amino-alcohol motifs (C(OH)–C–C–N with tert-alkyl or cyclic N) is 1. The van der Waals surface area contributed by atoms with Crippen LogP contribution < -0.4 is 0 Å². The summed E-state index contributed by atoms with van der Waals surface area (Å²) in [5.41, 5.74) is 0.574. The fourth-order valence-electron chi connectivity index (χ4n) is 10.5. The van der Waals surface area contributed by atoms with E-state index in [0.29, 0.717) is 38.1 Å². The molecule has 7 rings (SSSR count). The Labute approximate surface area is 221 Å². The Bertz CT molecular complexity index is 1030. The van der Waals surface area contributed by atoms with Gasteiger partial charge in [0.05, 0.1) is 38.2 Å². The molecule has 2 saturated heterocycles. The predicted molar refractivity (Wildman–Crippen MR) is 138 cm³/mol. The average Bonchev–Trinajstić information content (AvgIpc) is 3.15. The highest BCUT2D eigenvalue weighted by atomic mass is 16.5. The molecule has 5 fully saturated rings. The molecule has 2 bridgehead atoms. The third kappa shape index (κ3) is 3.28. The van der Waals surface area contributed by atoms with Crippen LogP contribution in [-0.4, -0.2) is 72.1 Å². The smallest absolute Gasteiger partial charge is 0.234 e. The maximum absolute atomic E-state index is 14.1. The zero-order chi connectivity index (χ0) is 26.3. The number of aliphatic hydroxyl groups is 1. The molecule has 7 nitrogen and oxygen atoms in total. The number of likely N-dealkylation sites (tertiary alicyclic amines) is 1. The minimum absolute atomic E-state index is 0.0524. The van der Waals surface area contributed by atoms with Gasteiger partial charge in [-0.3, -0.25) is 19.3 Å². The Morgan fingerprint density at radius 3 is 2.51 bits per heavy atom. The number of carbonyl (C=O) groups excluding carboxylic acids is 3. The summed E-state index contributed by atoms with van der Waals surface area (Å²) in [5.74, 6) is 0.524. The standard InChI is InChI=1S/C30H44N2O5/c1-18(2)20-17-30-9-6-21-28(3,7-5-8-29(21,4)27(36)31-11-14-37-15-12-31)22(30)16-19(20)23-24(30)26(35)32(10-13-33)25(23)34/h17-19,21-24,33H,5-16H2,1-4H3/t19-,21+,22-,23+,24+,28-,29+,30-/m1/s1. The molecule has 3 amide bonds. The van der Waals surface area contributed by atoms with Crippen LogP contribution in [0, 0.1) is 51.8 Å². The van der Waals surface area contributed by atoms with Gasteiger partial charge in [0.1, 0.15) is 0 Å². The molecule has 204 valence electrons. The minimum atomic E-state index is -0.398. The summed E-state index contributed by atoms with van der Waals surface area (Å²) in [7, 11) is 0. The highest BCUT2D eigenvalue weighted by molar-refractivity contribution is 6.06. The van der Waals surface area contributed by atoms with E-state index in [1.54, 1.807) is 0 Å². The molecule has 0 aromatic carbocycles. The van der Waals surface area contributed by atoms with Crippen LogP contribution in [0.4, 0.5) is 0 Å². The molecule has 7 aliphatic rings. The van der Waals surface area contributed by atoms with Crippen LogP contribution in [0.3, 0.4) is 0 Å². The number of rotatable bonds is 4. The lowest BCUT2D eigenvalue weighted by Gasteiger charge is -2.68. The molecule has 0 unspecified atom stereocenters. The van der Waals surface area contributed by atoms with Crippen molar-refractivity contribution >= 4 is 17.7 Å². The first-order valence-corrected chi connectivity index (χ1v) is 14.7. The van der Waals surface area contributed by atoms with Gasteiger partial charge in [-0.25, -0.2) is 0 Å². The molecule has 2 heterocycles. The molecule has 0 aromatic rings. The van der Waals surface area contributed by atoms with Crippen LogP contribution in [0.1, 0.15) is 66.2 Å². The molecule has 37 heavy (non-hydrogen) atoms. The third-order valence-electron chi connectivity index (χ3n) is 11.9. The van der Waals surface area contributed by atoms with Crippen molar-refractivity contribution in [1.29, 1.82) is 0 Å². The molecule has 7 heteroatoms. The van der Waals surface area contributed by atoms with Crippen LogP contribution in [0.25, 0.3) is 0 Å². The Balaban J connectivity index is 1.41. The number of hydrogen-bond donors (Lipinski definition) is 1. The van der Waals surface area contributed by atoms with Gasteiger partial charge in [-0.05, 0) is 61.2 Å². The van der Waals surface area contributed by atoms with E-state index < -0.39 is 5.41 Å². The van der Waals surface area contributed by atoms with Gasteiger partial charge in [-0.15, -0.1) is 0 Å². The fraction of sp³-hybridized carbons (Fsp3) is 0.833. The Morgan fingerprint density at radius 1 is 1.11 bits per heavy atom. The van der Waals surface area contributed by atoms with Crippen LogP contribution in [0.5, 0.6) is 0 Å². The van der Waals surface area contributed by atoms with Gasteiger partial charge >= 0.3 is 0 Å². The van der Waals surface area contributed by atoms with Crippen LogP contribution >= 0.6 is 0 Å². The van der Waals surface area contributed by atoms with E-state index in [2.05, 4.69) is 33.8 Å². The lowest BCUT2D eigenvalue weighted by molar-refractivity contribution is -0.192. The summed E-state index contributed by atoms with van der Waals surface area (Å²) in [6.45, 7) is 11.6. The van der Waals surface area contributed by atoms with Gasteiger partial charge in [-0.2, -0.15) is 0 Å². The van der Waals surface area contributed by atoms with Gasteiger partial charge in [-0.1, -0.05) is 45.8 Å². The summed E-state index contributed by atoms with van der Waals surface area (Å²) in [4.78, 5) is 44.9. The second-order valence-electron chi connectivity index (χ2n) is 13.6. The second kappa shape index (κ2) is 8.64. The molecule has 0 radical (unpaired) electrons. The summed E-state index contributed by atoms with van der Waals surface area (Å²) in [6.07, 6.45) is 8.20. The summed E-state index contributed by atoms with van der Waals surface area (Å²) in [5, 5.41) is 9.62. The van der Waals surface area contributed by atoms with Crippen molar-refractivity contribution in [2.75, 3.05) is 39.5 Å². The van der Waals surface area contributed by atoms with E-state index in [0.717, 1.165) is 38.5 Å². The number of carbonyl (C=O) groups is 3. The summed E-state index contributed by atoms with van der Waals surface area (Å²) >= 11 is 0. The first-order chi connectivity index (χ1) is 17.6. The average molecular weight is 513 g/mol. The van der Waals surface area contributed by atoms with E-state index in [-0.39, 0.29) is 65.4 Å². The predicted octanol–water partition coefficient (Wildman–Crippen LogP) is 3.26. The van der Waals surface area contributed by atoms with Crippen LogP contribution in [0.15, 0.2) is 11.6 Å². The molecular weight excluding hydrogens is 468 g/mol. The monoisotopic (exact) mass is 512 g/mol. The van der Waals surface area contributed by atoms with Crippen molar-refractivity contribution in [2.24, 2.45) is 51.8 Å². The van der Waals surface area contributed by atoms with Crippen molar-refractivity contribution in [3.05, 3.63) is 11.6 Å². The molecule has 1 N–H and O–H groups in total. The largest absolute Gasteiger partial charge is 0.395 e. The maximum atomic E-state index is 14.1. The van der Waals surface area contributed by atoms with Gasteiger partial charge in [0.2, 0.25) is 17.7 Å². The van der Waals surface area contributed by atoms with Crippen LogP contribution in [0.2, 0.25) is 0 Å². The number of fused-ring (bicyclic) bond motifs is 1. The number of nitrogens with zero attached hydrogens (tertiary/aromatic N) is 2. The van der Waals surface area contributed by atoms with Crippen molar-refractivity contribution < 1.29 is 24.2 Å². The van der Waals surface area contributed by atoms with E-state index >= 15 is 0 Å². The summed E-state index contributed by atoms with van der Waals surface area (Å²) < 4.78 is 5.53. The number of amides is 3. The Kier molecular flexibility index (Phi) is 5.96. The van der Waals surface area contributed by atoms with Crippen molar-refractivity contribution in [3.8, 4) is 0 Å². The number of allylic oxidation sites excluding steroid dienone is 2. The Morgan fingerprint density at radius 2 is 1.84 bits per heavy atom. The lowest BCUT2D eigenvalue weighted by atomic mass is 9.34.